The summed E-state index contributed by atoms with van der Waals surface area (Å²) in [6.45, 7) is 2.15. The third-order valence-electron chi connectivity index (χ3n) is 3.06. The topological polar surface area (TPSA) is 71.2 Å². The number of carbonyl (C=O) groups excluding carboxylic acids is 1. The average Bonchev–Trinajstić information content (AvgIpc) is 2.53. The molecule has 0 saturated heterocycles. The number of hydrogen-bond acceptors (Lipinski definition) is 3. The monoisotopic (exact) mass is 340 g/mol. The summed E-state index contributed by atoms with van der Waals surface area (Å²) in [5.74, 6) is -0.519. The number of alkyl halides is 3. The molecule has 0 radical (unpaired) electrons. The zero-order chi connectivity index (χ0) is 17.7. The van der Waals surface area contributed by atoms with Gasteiger partial charge in [-0.1, -0.05) is 6.92 Å². The van der Waals surface area contributed by atoms with Gasteiger partial charge in [-0.05, 0) is 30.7 Å². The van der Waals surface area contributed by atoms with Crippen LogP contribution in [0, 0.1) is 0 Å². The number of halogens is 3. The first-order chi connectivity index (χ1) is 11.3. The Balaban J connectivity index is 2.32. The van der Waals surface area contributed by atoms with Gasteiger partial charge >= 0.3 is 6.18 Å². The summed E-state index contributed by atoms with van der Waals surface area (Å²) in [6, 6.07) is 5.29. The van der Waals surface area contributed by atoms with E-state index in [1.54, 1.807) is 0 Å². The molecule has 0 saturated carbocycles. The molecule has 0 aliphatic rings. The van der Waals surface area contributed by atoms with E-state index in [4.69, 9.17) is 4.74 Å². The van der Waals surface area contributed by atoms with E-state index in [1.165, 1.54) is 18.3 Å². The largest absolute Gasteiger partial charge is 0.491 e. The van der Waals surface area contributed by atoms with E-state index in [1.807, 2.05) is 6.92 Å². The van der Waals surface area contributed by atoms with E-state index >= 15 is 0 Å². The number of benzene rings is 1. The molecule has 1 heterocycles. The molecule has 2 N–H and O–H groups in total. The third-order valence-corrected chi connectivity index (χ3v) is 3.06. The molecular formula is C16H15F3N2O3. The number of ether oxygens (including phenoxy) is 1. The van der Waals surface area contributed by atoms with Gasteiger partial charge in [0.2, 0.25) is 5.56 Å². The molecular weight excluding hydrogens is 325 g/mol. The van der Waals surface area contributed by atoms with Crippen molar-refractivity contribution in [1.82, 2.24) is 4.98 Å². The van der Waals surface area contributed by atoms with Gasteiger partial charge in [0.25, 0.3) is 5.91 Å². The van der Waals surface area contributed by atoms with Crippen molar-refractivity contribution in [1.29, 1.82) is 0 Å². The minimum Gasteiger partial charge on any atom is -0.491 e. The lowest BCUT2D eigenvalue weighted by atomic mass is 10.1. The molecule has 1 aromatic heterocycles. The van der Waals surface area contributed by atoms with Crippen LogP contribution in [0.5, 0.6) is 5.75 Å². The van der Waals surface area contributed by atoms with Crippen LogP contribution in [0.25, 0.3) is 0 Å². The fourth-order valence-electron chi connectivity index (χ4n) is 1.89. The van der Waals surface area contributed by atoms with E-state index in [9.17, 15) is 22.8 Å². The Labute approximate surface area is 135 Å². The van der Waals surface area contributed by atoms with Crippen LogP contribution in [0.1, 0.15) is 29.3 Å². The quantitative estimate of drug-likeness (QED) is 0.876. The number of aromatic nitrogens is 1. The Kier molecular flexibility index (Phi) is 5.28. The number of H-pyrrole nitrogens is 1. The van der Waals surface area contributed by atoms with Crippen molar-refractivity contribution in [2.75, 3.05) is 11.9 Å². The second kappa shape index (κ2) is 7.20. The van der Waals surface area contributed by atoms with Crippen LogP contribution in [0.4, 0.5) is 18.9 Å². The lowest BCUT2D eigenvalue weighted by Gasteiger charge is -2.15. The molecule has 0 spiro atoms. The lowest BCUT2D eigenvalue weighted by Crippen LogP contribution is -2.16. The highest BCUT2D eigenvalue weighted by Crippen LogP contribution is 2.35. The summed E-state index contributed by atoms with van der Waals surface area (Å²) in [5.41, 5.74) is -1.27. The van der Waals surface area contributed by atoms with Gasteiger partial charge in [0.15, 0.2) is 0 Å². The summed E-state index contributed by atoms with van der Waals surface area (Å²) < 4.78 is 44.0. The SMILES string of the molecule is CCCOc1ccc(C(F)(F)F)cc1NC(=O)c1ccc(=O)[nH]c1. The molecule has 0 fully saturated rings. The summed E-state index contributed by atoms with van der Waals surface area (Å²) in [6.07, 6.45) is -2.70. The maximum Gasteiger partial charge on any atom is 0.416 e. The van der Waals surface area contributed by atoms with Gasteiger partial charge in [-0.2, -0.15) is 13.2 Å². The highest BCUT2D eigenvalue weighted by molar-refractivity contribution is 6.04. The normalized spacial score (nSPS) is 11.2. The first-order valence-electron chi connectivity index (χ1n) is 7.15. The van der Waals surface area contributed by atoms with E-state index in [-0.39, 0.29) is 17.0 Å². The Bertz CT molecular complexity index is 764. The zero-order valence-corrected chi connectivity index (χ0v) is 12.7. The van der Waals surface area contributed by atoms with Gasteiger partial charge in [-0.3, -0.25) is 9.59 Å². The highest BCUT2D eigenvalue weighted by atomic mass is 19.4. The van der Waals surface area contributed by atoms with Crippen molar-refractivity contribution < 1.29 is 22.7 Å². The van der Waals surface area contributed by atoms with Crippen molar-refractivity contribution >= 4 is 11.6 Å². The minimum absolute atomic E-state index is 0.0884. The Hall–Kier alpha value is -2.77. The molecule has 2 rings (SSSR count). The maximum absolute atomic E-state index is 12.9. The fourth-order valence-corrected chi connectivity index (χ4v) is 1.89. The first-order valence-corrected chi connectivity index (χ1v) is 7.15. The molecule has 24 heavy (non-hydrogen) atoms. The number of anilines is 1. The summed E-state index contributed by atoms with van der Waals surface area (Å²) >= 11 is 0. The van der Waals surface area contributed by atoms with Crippen LogP contribution in [0.2, 0.25) is 0 Å². The zero-order valence-electron chi connectivity index (χ0n) is 12.7. The molecule has 128 valence electrons. The molecule has 1 aromatic carbocycles. The second-order valence-corrected chi connectivity index (χ2v) is 4.95. The first kappa shape index (κ1) is 17.6. The van der Waals surface area contributed by atoms with Crippen molar-refractivity contribution in [2.45, 2.75) is 19.5 Å². The predicted molar refractivity (Wildman–Crippen MR) is 82.2 cm³/mol. The molecule has 2 aromatic rings. The number of carbonyl (C=O) groups is 1. The van der Waals surface area contributed by atoms with Gasteiger partial charge in [0.1, 0.15) is 5.75 Å². The second-order valence-electron chi connectivity index (χ2n) is 4.95. The molecule has 5 nitrogen and oxygen atoms in total. The van der Waals surface area contributed by atoms with Crippen LogP contribution >= 0.6 is 0 Å². The van der Waals surface area contributed by atoms with Crippen LogP contribution in [-0.2, 0) is 6.18 Å². The van der Waals surface area contributed by atoms with Gasteiger partial charge in [-0.25, -0.2) is 0 Å². The van der Waals surface area contributed by atoms with E-state index in [2.05, 4.69) is 10.3 Å². The molecule has 0 atom stereocenters. The molecule has 0 bridgehead atoms. The van der Waals surface area contributed by atoms with Crippen molar-refractivity contribution in [3.63, 3.8) is 0 Å². The smallest absolute Gasteiger partial charge is 0.416 e. The third kappa shape index (κ3) is 4.37. The number of pyridine rings is 1. The van der Waals surface area contributed by atoms with Crippen LogP contribution < -0.4 is 15.6 Å². The number of aromatic amines is 1. The molecule has 0 unspecified atom stereocenters. The highest BCUT2D eigenvalue weighted by Gasteiger charge is 2.31. The van der Waals surface area contributed by atoms with Crippen molar-refractivity contribution in [3.8, 4) is 5.75 Å². The molecule has 8 heteroatoms. The molecule has 0 aliphatic heterocycles. The summed E-state index contributed by atoms with van der Waals surface area (Å²) in [5, 5.41) is 2.38. The van der Waals surface area contributed by atoms with Gasteiger partial charge < -0.3 is 15.0 Å². The summed E-state index contributed by atoms with van der Waals surface area (Å²) in [4.78, 5) is 25.5. The molecule has 0 aliphatic carbocycles. The standard InChI is InChI=1S/C16H15F3N2O3/c1-2-7-24-13-5-4-11(16(17,18)19)8-12(13)21-15(23)10-3-6-14(22)20-9-10/h3-6,8-9H,2,7H2,1H3,(H,20,22)(H,21,23). The van der Waals surface area contributed by atoms with Crippen LogP contribution in [0.15, 0.2) is 41.3 Å². The molecule has 1 amide bonds. The average molecular weight is 340 g/mol. The Morgan fingerprint density at radius 2 is 2.00 bits per heavy atom. The number of rotatable bonds is 5. The maximum atomic E-state index is 12.9. The number of amides is 1. The van der Waals surface area contributed by atoms with Gasteiger partial charge in [-0.15, -0.1) is 0 Å². The fraction of sp³-hybridized carbons (Fsp3) is 0.250. The lowest BCUT2D eigenvalue weighted by molar-refractivity contribution is -0.137. The van der Waals surface area contributed by atoms with Crippen molar-refractivity contribution in [2.24, 2.45) is 0 Å². The van der Waals surface area contributed by atoms with E-state index in [0.717, 1.165) is 18.2 Å². The van der Waals surface area contributed by atoms with Crippen LogP contribution in [0.3, 0.4) is 0 Å². The number of nitrogens with one attached hydrogen (secondary N) is 2. The van der Waals surface area contributed by atoms with Gasteiger partial charge in [0, 0.05) is 12.3 Å². The number of hydrogen-bond donors (Lipinski definition) is 2. The van der Waals surface area contributed by atoms with E-state index < -0.39 is 23.2 Å². The van der Waals surface area contributed by atoms with Crippen molar-refractivity contribution in [3.05, 3.63) is 58.0 Å². The predicted octanol–water partition coefficient (Wildman–Crippen LogP) is 3.43. The Morgan fingerprint density at radius 1 is 1.25 bits per heavy atom. The van der Waals surface area contributed by atoms with E-state index in [0.29, 0.717) is 13.0 Å². The van der Waals surface area contributed by atoms with Gasteiger partial charge in [0.05, 0.1) is 23.4 Å². The summed E-state index contributed by atoms with van der Waals surface area (Å²) in [7, 11) is 0. The Morgan fingerprint density at radius 3 is 2.58 bits per heavy atom. The minimum atomic E-state index is -4.54. The van der Waals surface area contributed by atoms with Crippen LogP contribution in [-0.4, -0.2) is 17.5 Å².